The van der Waals surface area contributed by atoms with Gasteiger partial charge in [-0.25, -0.2) is 18.7 Å². The van der Waals surface area contributed by atoms with Crippen LogP contribution in [0.3, 0.4) is 0 Å². The maximum atomic E-state index is 13.6. The molecular formula is C22H21N3O7S. The van der Waals surface area contributed by atoms with E-state index in [2.05, 4.69) is 10.3 Å². The molecule has 0 aliphatic carbocycles. The Labute approximate surface area is 190 Å². The molecule has 0 spiro atoms. The number of methoxy groups -OCH3 is 2. The number of pyridine rings is 1. The highest BCUT2D eigenvalue weighted by molar-refractivity contribution is 7.91. The Hall–Kier alpha value is -3.96. The van der Waals surface area contributed by atoms with Crippen LogP contribution < -0.4 is 15.5 Å². The number of hydroxylamine groups is 1. The van der Waals surface area contributed by atoms with E-state index >= 15 is 0 Å². The molecule has 1 aromatic heterocycles. The molecule has 0 radical (unpaired) electrons. The van der Waals surface area contributed by atoms with Gasteiger partial charge in [-0.05, 0) is 48.0 Å². The number of rotatable bonds is 8. The fraction of sp³-hybridized carbons (Fsp3) is 0.136. The maximum absolute atomic E-state index is 13.6. The van der Waals surface area contributed by atoms with Crippen molar-refractivity contribution < 1.29 is 32.7 Å². The van der Waals surface area contributed by atoms with Gasteiger partial charge in [0, 0.05) is 24.6 Å². The number of aromatic nitrogens is 1. The quantitative estimate of drug-likeness (QED) is 0.256. The Morgan fingerprint density at radius 3 is 2.36 bits per heavy atom. The standard InChI is InChI=1S/C22H21N3O7S/c1-31-15-5-7-16(8-6-15)33(29,30)20-17(22(27)32-2)9-10-18(19(20)21(26)25-28)24-13-14-4-3-11-23-12-14/h3-12,24,28H,13H2,1-2H3,(H,25,26). The first kappa shape index (κ1) is 23.7. The van der Waals surface area contributed by atoms with Crippen LogP contribution in [-0.4, -0.2) is 44.7 Å². The number of anilines is 1. The van der Waals surface area contributed by atoms with Crippen LogP contribution in [0.25, 0.3) is 0 Å². The Bertz CT molecular complexity index is 1260. The third kappa shape index (κ3) is 4.94. The van der Waals surface area contributed by atoms with Crippen LogP contribution in [0.2, 0.25) is 0 Å². The minimum atomic E-state index is -4.42. The molecule has 0 saturated carbocycles. The topological polar surface area (TPSA) is 144 Å². The van der Waals surface area contributed by atoms with Crippen LogP contribution in [0.4, 0.5) is 5.69 Å². The van der Waals surface area contributed by atoms with Gasteiger partial charge in [0.15, 0.2) is 0 Å². The number of esters is 1. The minimum absolute atomic E-state index is 0.0742. The molecule has 1 amide bonds. The predicted octanol–water partition coefficient (Wildman–Crippen LogP) is 2.44. The number of nitrogens with one attached hydrogen (secondary N) is 2. The van der Waals surface area contributed by atoms with Crippen molar-refractivity contribution in [3.63, 3.8) is 0 Å². The van der Waals surface area contributed by atoms with Crippen molar-refractivity contribution in [1.29, 1.82) is 0 Å². The fourth-order valence-electron chi connectivity index (χ4n) is 3.13. The van der Waals surface area contributed by atoms with Crippen LogP contribution in [0.1, 0.15) is 26.3 Å². The molecule has 172 valence electrons. The van der Waals surface area contributed by atoms with Crippen LogP contribution in [0.5, 0.6) is 5.75 Å². The van der Waals surface area contributed by atoms with Gasteiger partial charge < -0.3 is 14.8 Å². The fourth-order valence-corrected chi connectivity index (χ4v) is 4.78. The highest BCUT2D eigenvalue weighted by Gasteiger charge is 2.33. The molecule has 0 aliphatic rings. The highest BCUT2D eigenvalue weighted by atomic mass is 32.2. The van der Waals surface area contributed by atoms with Crippen LogP contribution in [-0.2, 0) is 21.1 Å². The highest BCUT2D eigenvalue weighted by Crippen LogP contribution is 2.34. The number of hydrogen-bond acceptors (Lipinski definition) is 9. The summed E-state index contributed by atoms with van der Waals surface area (Å²) in [4.78, 5) is 28.3. The molecular weight excluding hydrogens is 450 g/mol. The third-order valence-electron chi connectivity index (χ3n) is 4.74. The molecule has 0 bridgehead atoms. The average molecular weight is 471 g/mol. The zero-order valence-electron chi connectivity index (χ0n) is 17.7. The van der Waals surface area contributed by atoms with Gasteiger partial charge in [0.2, 0.25) is 9.84 Å². The van der Waals surface area contributed by atoms with E-state index in [1.54, 1.807) is 24.5 Å². The molecule has 3 N–H and O–H groups in total. The monoisotopic (exact) mass is 471 g/mol. The summed E-state index contributed by atoms with van der Waals surface area (Å²) in [7, 11) is -1.90. The lowest BCUT2D eigenvalue weighted by Gasteiger charge is -2.18. The smallest absolute Gasteiger partial charge is 0.339 e. The maximum Gasteiger partial charge on any atom is 0.339 e. The van der Waals surface area contributed by atoms with E-state index in [4.69, 9.17) is 9.47 Å². The number of sulfone groups is 1. The van der Waals surface area contributed by atoms with Gasteiger partial charge in [-0.1, -0.05) is 6.07 Å². The zero-order chi connectivity index (χ0) is 24.0. The van der Waals surface area contributed by atoms with Crippen molar-refractivity contribution in [3.05, 3.63) is 77.6 Å². The number of carbonyl (C=O) groups is 2. The number of carbonyl (C=O) groups excluding carboxylic acids is 2. The summed E-state index contributed by atoms with van der Waals surface area (Å²) in [6.45, 7) is 0.194. The van der Waals surface area contributed by atoms with Crippen LogP contribution >= 0.6 is 0 Å². The number of benzene rings is 2. The number of amides is 1. The van der Waals surface area contributed by atoms with E-state index < -0.39 is 32.2 Å². The van der Waals surface area contributed by atoms with E-state index in [9.17, 15) is 23.2 Å². The number of hydrogen-bond donors (Lipinski definition) is 3. The molecule has 2 aromatic carbocycles. The second-order valence-electron chi connectivity index (χ2n) is 6.69. The summed E-state index contributed by atoms with van der Waals surface area (Å²) in [5, 5.41) is 12.3. The largest absolute Gasteiger partial charge is 0.497 e. The molecule has 0 fully saturated rings. The van der Waals surface area contributed by atoms with Crippen molar-refractivity contribution in [2.75, 3.05) is 19.5 Å². The zero-order valence-corrected chi connectivity index (χ0v) is 18.5. The normalized spacial score (nSPS) is 10.9. The van der Waals surface area contributed by atoms with Gasteiger partial charge in [-0.3, -0.25) is 15.0 Å². The van der Waals surface area contributed by atoms with Gasteiger partial charge in [0.1, 0.15) is 10.6 Å². The molecule has 3 aromatic rings. The molecule has 10 nitrogen and oxygen atoms in total. The summed E-state index contributed by atoms with van der Waals surface area (Å²) < 4.78 is 37.0. The van der Waals surface area contributed by atoms with Crippen molar-refractivity contribution in [3.8, 4) is 5.75 Å². The summed E-state index contributed by atoms with van der Waals surface area (Å²) in [6, 6.07) is 11.5. The first-order chi connectivity index (χ1) is 15.8. The number of ether oxygens (including phenoxy) is 2. The lowest BCUT2D eigenvalue weighted by molar-refractivity contribution is 0.0596. The molecule has 0 saturated heterocycles. The molecule has 11 heteroatoms. The van der Waals surface area contributed by atoms with Crippen LogP contribution in [0.15, 0.2) is 70.7 Å². The third-order valence-corrected chi connectivity index (χ3v) is 6.59. The van der Waals surface area contributed by atoms with E-state index in [1.807, 2.05) is 0 Å². The Kier molecular flexibility index (Phi) is 7.26. The summed E-state index contributed by atoms with van der Waals surface area (Å²) in [6.07, 6.45) is 3.19. The number of nitrogens with zero attached hydrogens (tertiary/aromatic N) is 1. The molecule has 0 aliphatic heterocycles. The van der Waals surface area contributed by atoms with Gasteiger partial charge >= 0.3 is 5.97 Å². The van der Waals surface area contributed by atoms with Crippen molar-refractivity contribution >= 4 is 27.4 Å². The Morgan fingerprint density at radius 1 is 1.06 bits per heavy atom. The first-order valence-corrected chi connectivity index (χ1v) is 11.0. The SMILES string of the molecule is COC(=O)c1ccc(NCc2cccnc2)c(C(=O)NO)c1S(=O)(=O)c1ccc(OC)cc1. The van der Waals surface area contributed by atoms with Gasteiger partial charge in [-0.2, -0.15) is 0 Å². The van der Waals surface area contributed by atoms with Gasteiger partial charge in [0.25, 0.3) is 5.91 Å². The Morgan fingerprint density at radius 2 is 1.79 bits per heavy atom. The van der Waals surface area contributed by atoms with Crippen LogP contribution in [0, 0.1) is 0 Å². The van der Waals surface area contributed by atoms with E-state index in [-0.39, 0.29) is 22.7 Å². The molecule has 0 unspecified atom stereocenters. The molecule has 0 atom stereocenters. The first-order valence-electron chi connectivity index (χ1n) is 9.55. The lowest BCUT2D eigenvalue weighted by Crippen LogP contribution is -2.25. The minimum Gasteiger partial charge on any atom is -0.497 e. The molecule has 3 rings (SSSR count). The summed E-state index contributed by atoms with van der Waals surface area (Å²) in [5.41, 5.74) is 1.48. The summed E-state index contributed by atoms with van der Waals surface area (Å²) in [5.74, 6) is -1.67. The summed E-state index contributed by atoms with van der Waals surface area (Å²) >= 11 is 0. The lowest BCUT2D eigenvalue weighted by atomic mass is 10.1. The molecule has 33 heavy (non-hydrogen) atoms. The van der Waals surface area contributed by atoms with Crippen molar-refractivity contribution in [2.24, 2.45) is 0 Å². The average Bonchev–Trinajstić information content (AvgIpc) is 2.86. The second-order valence-corrected chi connectivity index (χ2v) is 8.58. The molecule has 1 heterocycles. The predicted molar refractivity (Wildman–Crippen MR) is 117 cm³/mol. The van der Waals surface area contributed by atoms with E-state index in [0.717, 1.165) is 12.7 Å². The van der Waals surface area contributed by atoms with Crippen molar-refractivity contribution in [2.45, 2.75) is 16.3 Å². The van der Waals surface area contributed by atoms with Crippen molar-refractivity contribution in [1.82, 2.24) is 10.5 Å². The second kappa shape index (κ2) is 10.1. The van der Waals surface area contributed by atoms with E-state index in [0.29, 0.717) is 5.75 Å². The Balaban J connectivity index is 2.23. The van der Waals surface area contributed by atoms with Gasteiger partial charge in [-0.15, -0.1) is 0 Å². The van der Waals surface area contributed by atoms with Gasteiger partial charge in [0.05, 0.1) is 30.2 Å². The van der Waals surface area contributed by atoms with E-state index in [1.165, 1.54) is 49.0 Å².